The Morgan fingerprint density at radius 2 is 1.79 bits per heavy atom. The fraction of sp³-hybridized carbons (Fsp3) is 0.259. The third-order valence-electron chi connectivity index (χ3n) is 6.09. The summed E-state index contributed by atoms with van der Waals surface area (Å²) in [4.78, 5) is 28.2. The van der Waals surface area contributed by atoms with Gasteiger partial charge >= 0.3 is 0 Å². The molecule has 4 rings (SSSR count). The van der Waals surface area contributed by atoms with Crippen molar-refractivity contribution in [3.63, 3.8) is 0 Å². The fourth-order valence-electron chi connectivity index (χ4n) is 4.37. The molecule has 4 nitrogen and oxygen atoms in total. The molecule has 3 aromatic carbocycles. The largest absolute Gasteiger partial charge is 0.352 e. The molecule has 1 aliphatic heterocycles. The van der Waals surface area contributed by atoms with Gasteiger partial charge in [-0.25, -0.2) is 4.39 Å². The number of benzene rings is 3. The van der Waals surface area contributed by atoms with Crippen molar-refractivity contribution < 1.29 is 14.0 Å². The highest BCUT2D eigenvalue weighted by Crippen LogP contribution is 2.35. The van der Waals surface area contributed by atoms with Crippen LogP contribution in [0.15, 0.2) is 72.8 Å². The normalized spacial score (nSPS) is 18.1. The maximum atomic E-state index is 13.5. The molecule has 1 heterocycles. The molecule has 33 heavy (non-hydrogen) atoms. The van der Waals surface area contributed by atoms with Crippen molar-refractivity contribution in [3.8, 4) is 0 Å². The summed E-state index contributed by atoms with van der Waals surface area (Å²) < 4.78 is 13.4. The van der Waals surface area contributed by atoms with E-state index in [0.717, 1.165) is 11.1 Å². The second kappa shape index (κ2) is 10.2. The molecular weight excluding hydrogens is 439 g/mol. The van der Waals surface area contributed by atoms with E-state index >= 15 is 0 Å². The van der Waals surface area contributed by atoms with Crippen molar-refractivity contribution in [2.24, 2.45) is 5.92 Å². The van der Waals surface area contributed by atoms with Crippen LogP contribution in [0.4, 0.5) is 4.39 Å². The van der Waals surface area contributed by atoms with E-state index in [-0.39, 0.29) is 36.1 Å². The van der Waals surface area contributed by atoms with Gasteiger partial charge in [-0.1, -0.05) is 53.6 Å². The number of rotatable bonds is 5. The Morgan fingerprint density at radius 1 is 1.03 bits per heavy atom. The van der Waals surface area contributed by atoms with Crippen molar-refractivity contribution in [2.75, 3.05) is 6.54 Å². The first-order chi connectivity index (χ1) is 15.9. The maximum absolute atomic E-state index is 13.5. The summed E-state index contributed by atoms with van der Waals surface area (Å²) in [6, 6.07) is 21.0. The molecule has 0 aliphatic carbocycles. The smallest absolute Gasteiger partial charge is 0.254 e. The average molecular weight is 465 g/mol. The third kappa shape index (κ3) is 5.60. The van der Waals surface area contributed by atoms with Crippen LogP contribution in [0, 0.1) is 18.7 Å². The molecule has 2 unspecified atom stereocenters. The van der Waals surface area contributed by atoms with E-state index in [9.17, 15) is 14.0 Å². The first-order valence-corrected chi connectivity index (χ1v) is 11.4. The molecule has 0 radical (unpaired) electrons. The first-order valence-electron chi connectivity index (χ1n) is 11.1. The Hall–Kier alpha value is -3.18. The number of hydrogen-bond acceptors (Lipinski definition) is 2. The summed E-state index contributed by atoms with van der Waals surface area (Å²) in [6.45, 7) is 2.59. The van der Waals surface area contributed by atoms with Gasteiger partial charge in [0.2, 0.25) is 5.91 Å². The van der Waals surface area contributed by atoms with Crippen LogP contribution < -0.4 is 5.32 Å². The number of nitrogens with one attached hydrogen (secondary N) is 1. The second-order valence-corrected chi connectivity index (χ2v) is 8.95. The van der Waals surface area contributed by atoms with Crippen LogP contribution in [-0.4, -0.2) is 23.3 Å². The van der Waals surface area contributed by atoms with Crippen LogP contribution in [-0.2, 0) is 11.3 Å². The van der Waals surface area contributed by atoms with Gasteiger partial charge in [-0.05, 0) is 67.3 Å². The molecule has 170 valence electrons. The minimum atomic E-state index is -0.337. The average Bonchev–Trinajstić information content (AvgIpc) is 2.82. The zero-order valence-electron chi connectivity index (χ0n) is 18.4. The summed E-state index contributed by atoms with van der Waals surface area (Å²) in [7, 11) is 0. The third-order valence-corrected chi connectivity index (χ3v) is 6.34. The Labute approximate surface area is 198 Å². The van der Waals surface area contributed by atoms with E-state index < -0.39 is 0 Å². The number of amides is 2. The number of likely N-dealkylation sites (tertiary alicyclic amines) is 1. The fourth-order valence-corrected chi connectivity index (χ4v) is 4.50. The lowest BCUT2D eigenvalue weighted by Gasteiger charge is -2.39. The van der Waals surface area contributed by atoms with Crippen LogP contribution in [0.3, 0.4) is 0 Å². The number of hydrogen-bond donors (Lipinski definition) is 1. The highest BCUT2D eigenvalue weighted by atomic mass is 35.5. The van der Waals surface area contributed by atoms with Gasteiger partial charge in [0.1, 0.15) is 5.82 Å². The molecule has 1 saturated heterocycles. The first kappa shape index (κ1) is 23.0. The summed E-state index contributed by atoms with van der Waals surface area (Å²) >= 11 is 6.00. The van der Waals surface area contributed by atoms with Gasteiger partial charge in [-0.3, -0.25) is 9.59 Å². The molecule has 0 spiro atoms. The molecule has 1 fully saturated rings. The van der Waals surface area contributed by atoms with Crippen molar-refractivity contribution in [2.45, 2.75) is 32.4 Å². The van der Waals surface area contributed by atoms with Crippen LogP contribution in [0.5, 0.6) is 0 Å². The predicted octanol–water partition coefficient (Wildman–Crippen LogP) is 5.70. The van der Waals surface area contributed by atoms with Gasteiger partial charge in [0, 0.05) is 23.7 Å². The SMILES string of the molecule is Cc1cccc(C2CCC(C(=O)NCc3cccc(F)c3)CN2C(=O)c2ccc(Cl)cc2)c1. The molecule has 0 bridgehead atoms. The number of carbonyl (C=O) groups excluding carboxylic acids is 2. The van der Waals surface area contributed by atoms with Crippen LogP contribution in [0.25, 0.3) is 0 Å². The van der Waals surface area contributed by atoms with Gasteiger partial charge in [0.15, 0.2) is 0 Å². The van der Waals surface area contributed by atoms with Gasteiger partial charge in [-0.2, -0.15) is 0 Å². The van der Waals surface area contributed by atoms with Crippen molar-refractivity contribution in [1.29, 1.82) is 0 Å². The van der Waals surface area contributed by atoms with Gasteiger partial charge in [-0.15, -0.1) is 0 Å². The van der Waals surface area contributed by atoms with E-state index in [4.69, 9.17) is 11.6 Å². The summed E-state index contributed by atoms with van der Waals surface area (Å²) in [5.41, 5.74) is 3.43. The van der Waals surface area contributed by atoms with Crippen molar-refractivity contribution >= 4 is 23.4 Å². The van der Waals surface area contributed by atoms with Crippen LogP contribution >= 0.6 is 11.6 Å². The van der Waals surface area contributed by atoms with E-state index in [1.54, 1.807) is 41.3 Å². The molecule has 0 aromatic heterocycles. The Bertz CT molecular complexity index is 1150. The molecule has 2 atom stereocenters. The number of carbonyl (C=O) groups is 2. The highest BCUT2D eigenvalue weighted by Gasteiger charge is 2.36. The Balaban J connectivity index is 1.53. The van der Waals surface area contributed by atoms with Crippen LogP contribution in [0.2, 0.25) is 5.02 Å². The summed E-state index contributed by atoms with van der Waals surface area (Å²) in [5.74, 6) is -0.923. The topological polar surface area (TPSA) is 49.4 Å². The minimum absolute atomic E-state index is 0.111. The lowest BCUT2D eigenvalue weighted by molar-refractivity contribution is -0.127. The monoisotopic (exact) mass is 464 g/mol. The van der Waals surface area contributed by atoms with E-state index in [0.29, 0.717) is 35.5 Å². The van der Waals surface area contributed by atoms with E-state index in [1.807, 2.05) is 25.1 Å². The maximum Gasteiger partial charge on any atom is 0.254 e. The molecule has 2 amide bonds. The zero-order valence-corrected chi connectivity index (χ0v) is 19.2. The quantitative estimate of drug-likeness (QED) is 0.526. The molecular formula is C27H26ClFN2O2. The molecule has 1 aliphatic rings. The second-order valence-electron chi connectivity index (χ2n) is 8.52. The number of piperidine rings is 1. The minimum Gasteiger partial charge on any atom is -0.352 e. The van der Waals surface area contributed by atoms with Crippen LogP contribution in [0.1, 0.15) is 45.9 Å². The Kier molecular flexibility index (Phi) is 7.09. The lowest BCUT2D eigenvalue weighted by atomic mass is 9.87. The standard InChI is InChI=1S/C27H26ClFN2O2/c1-18-4-2-6-21(14-18)25-13-10-22(26(32)30-16-19-5-3-7-24(29)15-19)17-31(25)27(33)20-8-11-23(28)12-9-20/h2-9,11-12,14-15,22,25H,10,13,16-17H2,1H3,(H,30,32). The van der Waals surface area contributed by atoms with Crippen molar-refractivity contribution in [3.05, 3.63) is 106 Å². The van der Waals surface area contributed by atoms with Gasteiger partial charge in [0.05, 0.1) is 12.0 Å². The molecule has 3 aromatic rings. The number of nitrogens with zero attached hydrogens (tertiary/aromatic N) is 1. The highest BCUT2D eigenvalue weighted by molar-refractivity contribution is 6.30. The van der Waals surface area contributed by atoms with Gasteiger partial charge < -0.3 is 10.2 Å². The van der Waals surface area contributed by atoms with Crippen molar-refractivity contribution in [1.82, 2.24) is 10.2 Å². The van der Waals surface area contributed by atoms with Gasteiger partial charge in [0.25, 0.3) is 5.91 Å². The molecule has 1 N–H and O–H groups in total. The predicted molar refractivity (Wildman–Crippen MR) is 127 cm³/mol. The lowest BCUT2D eigenvalue weighted by Crippen LogP contribution is -2.46. The summed E-state index contributed by atoms with van der Waals surface area (Å²) in [6.07, 6.45) is 1.35. The molecule has 0 saturated carbocycles. The number of aryl methyl sites for hydroxylation is 1. The molecule has 6 heteroatoms. The van der Waals surface area contributed by atoms with E-state index in [2.05, 4.69) is 11.4 Å². The Morgan fingerprint density at radius 3 is 2.52 bits per heavy atom. The zero-order chi connectivity index (χ0) is 23.4. The number of halogens is 2. The summed E-state index contributed by atoms with van der Waals surface area (Å²) in [5, 5.41) is 3.47. The van der Waals surface area contributed by atoms with E-state index in [1.165, 1.54) is 12.1 Å².